The third-order valence-corrected chi connectivity index (χ3v) is 4.66. The van der Waals surface area contributed by atoms with Crippen molar-refractivity contribution in [1.29, 1.82) is 0 Å². The molecule has 2 aromatic rings. The van der Waals surface area contributed by atoms with Crippen molar-refractivity contribution in [2.75, 3.05) is 0 Å². The van der Waals surface area contributed by atoms with E-state index in [0.717, 1.165) is 16.9 Å². The lowest BCUT2D eigenvalue weighted by Gasteiger charge is -2.06. The first-order valence-electron chi connectivity index (χ1n) is 5.94. The van der Waals surface area contributed by atoms with Gasteiger partial charge in [-0.2, -0.15) is 0 Å². The van der Waals surface area contributed by atoms with E-state index in [1.165, 1.54) is 11.3 Å². The Balaban J connectivity index is 2.15. The van der Waals surface area contributed by atoms with Gasteiger partial charge in [-0.05, 0) is 30.2 Å². The van der Waals surface area contributed by atoms with Crippen molar-refractivity contribution in [3.63, 3.8) is 0 Å². The zero-order chi connectivity index (χ0) is 14.7. The molecule has 1 heterocycles. The Labute approximate surface area is 130 Å². The van der Waals surface area contributed by atoms with E-state index < -0.39 is 5.97 Å². The molecule has 0 unspecified atom stereocenters. The van der Waals surface area contributed by atoms with Crippen LogP contribution in [0.5, 0.6) is 5.75 Å². The van der Waals surface area contributed by atoms with Gasteiger partial charge in [0.1, 0.15) is 12.4 Å². The molecular weight excluding hydrogens is 319 g/mol. The van der Waals surface area contributed by atoms with E-state index in [0.29, 0.717) is 15.8 Å². The van der Waals surface area contributed by atoms with E-state index in [1.807, 2.05) is 6.92 Å². The third-order valence-electron chi connectivity index (χ3n) is 2.67. The number of ether oxygens (including phenoxy) is 1. The lowest BCUT2D eigenvalue weighted by atomic mass is 10.2. The first-order chi connectivity index (χ1) is 9.51. The minimum Gasteiger partial charge on any atom is -0.487 e. The van der Waals surface area contributed by atoms with Gasteiger partial charge >= 0.3 is 5.97 Å². The normalized spacial score (nSPS) is 10.6. The first-order valence-corrected chi connectivity index (χ1v) is 7.51. The number of halogens is 2. The van der Waals surface area contributed by atoms with Gasteiger partial charge in [-0.3, -0.25) is 0 Å². The predicted octanol–water partition coefficient (Wildman–Crippen LogP) is 4.89. The molecule has 0 amide bonds. The van der Waals surface area contributed by atoms with E-state index in [1.54, 1.807) is 24.3 Å². The molecular formula is C14H12Cl2O3S. The highest BCUT2D eigenvalue weighted by molar-refractivity contribution is 7.14. The van der Waals surface area contributed by atoms with E-state index in [4.69, 9.17) is 33.0 Å². The second-order valence-corrected chi connectivity index (χ2v) is 6.05. The van der Waals surface area contributed by atoms with Crippen molar-refractivity contribution >= 4 is 40.5 Å². The van der Waals surface area contributed by atoms with Crippen LogP contribution in [-0.4, -0.2) is 11.1 Å². The second-order valence-electron chi connectivity index (χ2n) is 4.10. The fourth-order valence-corrected chi connectivity index (χ4v) is 2.84. The molecule has 0 spiro atoms. The van der Waals surface area contributed by atoms with Crippen LogP contribution in [0.25, 0.3) is 0 Å². The summed E-state index contributed by atoms with van der Waals surface area (Å²) >= 11 is 13.0. The summed E-state index contributed by atoms with van der Waals surface area (Å²) in [5.41, 5.74) is 0.833. The van der Waals surface area contributed by atoms with E-state index >= 15 is 0 Å². The molecule has 0 atom stereocenters. The molecule has 0 radical (unpaired) electrons. The highest BCUT2D eigenvalue weighted by atomic mass is 35.5. The summed E-state index contributed by atoms with van der Waals surface area (Å²) in [5, 5.41) is 10.1. The number of thiophene rings is 1. The quantitative estimate of drug-likeness (QED) is 0.848. The number of carbonyl (C=O) groups is 1. The molecule has 0 fully saturated rings. The molecule has 0 saturated heterocycles. The van der Waals surface area contributed by atoms with E-state index in [9.17, 15) is 4.79 Å². The average Bonchev–Trinajstić information content (AvgIpc) is 2.84. The van der Waals surface area contributed by atoms with Crippen LogP contribution in [-0.2, 0) is 13.0 Å². The van der Waals surface area contributed by atoms with Crippen molar-refractivity contribution in [2.45, 2.75) is 20.0 Å². The number of carboxylic acid groups (broad SMARTS) is 1. The Morgan fingerprint density at radius 3 is 2.65 bits per heavy atom. The summed E-state index contributed by atoms with van der Waals surface area (Å²) in [6.45, 7) is 2.22. The standard InChI is InChI=1S/C14H12Cl2O3S/c1-2-9-6-12(13(20-9)14(17)18)19-7-8-3-4-10(15)11(16)5-8/h3-6H,2,7H2,1H3,(H,17,18). The monoisotopic (exact) mass is 330 g/mol. The molecule has 0 aliphatic heterocycles. The summed E-state index contributed by atoms with van der Waals surface area (Å²) in [5.74, 6) is -0.579. The Morgan fingerprint density at radius 1 is 1.30 bits per heavy atom. The van der Waals surface area contributed by atoms with Crippen LogP contribution in [0, 0.1) is 0 Å². The van der Waals surface area contributed by atoms with Crippen molar-refractivity contribution in [3.05, 3.63) is 49.6 Å². The van der Waals surface area contributed by atoms with Crippen LogP contribution < -0.4 is 4.74 Å². The molecule has 1 aromatic carbocycles. The third kappa shape index (κ3) is 3.45. The van der Waals surface area contributed by atoms with Crippen LogP contribution in [0.1, 0.15) is 27.0 Å². The van der Waals surface area contributed by atoms with E-state index in [-0.39, 0.29) is 11.5 Å². The Bertz CT molecular complexity index is 637. The van der Waals surface area contributed by atoms with Gasteiger partial charge in [0.15, 0.2) is 4.88 Å². The molecule has 3 nitrogen and oxygen atoms in total. The van der Waals surface area contributed by atoms with Gasteiger partial charge in [0, 0.05) is 4.88 Å². The molecule has 0 bridgehead atoms. The topological polar surface area (TPSA) is 46.5 Å². The van der Waals surface area contributed by atoms with Crippen molar-refractivity contribution in [2.24, 2.45) is 0 Å². The highest BCUT2D eigenvalue weighted by Gasteiger charge is 2.16. The summed E-state index contributed by atoms with van der Waals surface area (Å²) in [6.07, 6.45) is 0.779. The molecule has 0 saturated carbocycles. The van der Waals surface area contributed by atoms with Gasteiger partial charge in [-0.1, -0.05) is 36.2 Å². The highest BCUT2D eigenvalue weighted by Crippen LogP contribution is 2.31. The van der Waals surface area contributed by atoms with Gasteiger partial charge in [0.2, 0.25) is 0 Å². The van der Waals surface area contributed by atoms with Gasteiger partial charge in [0.05, 0.1) is 10.0 Å². The molecule has 0 aliphatic carbocycles. The lowest BCUT2D eigenvalue weighted by molar-refractivity contribution is 0.0697. The fourth-order valence-electron chi connectivity index (χ4n) is 1.64. The van der Waals surface area contributed by atoms with Crippen LogP contribution in [0.4, 0.5) is 0 Å². The number of rotatable bonds is 5. The number of carboxylic acids is 1. The van der Waals surface area contributed by atoms with Gasteiger partial charge in [0.25, 0.3) is 0 Å². The Morgan fingerprint density at radius 2 is 2.05 bits per heavy atom. The maximum absolute atomic E-state index is 11.2. The maximum atomic E-state index is 11.2. The number of hydrogen-bond donors (Lipinski definition) is 1. The molecule has 1 N–H and O–H groups in total. The minimum atomic E-state index is -0.973. The largest absolute Gasteiger partial charge is 0.487 e. The van der Waals surface area contributed by atoms with Crippen LogP contribution in [0.2, 0.25) is 10.0 Å². The lowest BCUT2D eigenvalue weighted by Crippen LogP contribution is -2.00. The second kappa shape index (κ2) is 6.48. The summed E-state index contributed by atoms with van der Waals surface area (Å²) < 4.78 is 5.59. The smallest absolute Gasteiger partial charge is 0.349 e. The summed E-state index contributed by atoms with van der Waals surface area (Å²) in [6, 6.07) is 6.95. The zero-order valence-electron chi connectivity index (χ0n) is 10.7. The molecule has 20 heavy (non-hydrogen) atoms. The first kappa shape index (κ1) is 15.2. The molecule has 0 aliphatic rings. The van der Waals surface area contributed by atoms with Crippen LogP contribution >= 0.6 is 34.5 Å². The van der Waals surface area contributed by atoms with Gasteiger partial charge in [-0.15, -0.1) is 11.3 Å². The van der Waals surface area contributed by atoms with Gasteiger partial charge in [-0.25, -0.2) is 4.79 Å². The van der Waals surface area contributed by atoms with Crippen LogP contribution in [0.3, 0.4) is 0 Å². The Kier molecular flexibility index (Phi) is 4.91. The van der Waals surface area contributed by atoms with Crippen LogP contribution in [0.15, 0.2) is 24.3 Å². The Hall–Kier alpha value is -1.23. The fraction of sp³-hybridized carbons (Fsp3) is 0.214. The minimum absolute atomic E-state index is 0.224. The molecule has 2 rings (SSSR count). The molecule has 1 aromatic heterocycles. The van der Waals surface area contributed by atoms with Gasteiger partial charge < -0.3 is 9.84 Å². The zero-order valence-corrected chi connectivity index (χ0v) is 13.0. The maximum Gasteiger partial charge on any atom is 0.349 e. The summed E-state index contributed by atoms with van der Waals surface area (Å²) in [4.78, 5) is 12.4. The predicted molar refractivity (Wildman–Crippen MR) is 81.5 cm³/mol. The number of benzene rings is 1. The number of aromatic carboxylic acids is 1. The average molecular weight is 331 g/mol. The summed E-state index contributed by atoms with van der Waals surface area (Å²) in [7, 11) is 0. The van der Waals surface area contributed by atoms with Crippen molar-refractivity contribution in [3.8, 4) is 5.75 Å². The van der Waals surface area contributed by atoms with E-state index in [2.05, 4.69) is 0 Å². The number of aryl methyl sites for hydroxylation is 1. The number of hydrogen-bond acceptors (Lipinski definition) is 3. The van der Waals surface area contributed by atoms with Crippen molar-refractivity contribution < 1.29 is 14.6 Å². The van der Waals surface area contributed by atoms with Crippen molar-refractivity contribution in [1.82, 2.24) is 0 Å². The SMILES string of the molecule is CCc1cc(OCc2ccc(Cl)c(Cl)c2)c(C(=O)O)s1. The molecule has 106 valence electrons. The molecule has 6 heteroatoms.